The van der Waals surface area contributed by atoms with E-state index >= 15 is 0 Å². The lowest BCUT2D eigenvalue weighted by atomic mass is 9.80. The summed E-state index contributed by atoms with van der Waals surface area (Å²) in [6.45, 7) is 4.76. The number of anilines is 3. The quantitative estimate of drug-likeness (QED) is 0.167. The molecular formula is C53H39N. The Morgan fingerprint density at radius 1 is 0.407 bits per heavy atom. The molecule has 1 aliphatic heterocycles. The molecule has 0 spiro atoms. The van der Waals surface area contributed by atoms with E-state index in [-0.39, 0.29) is 5.41 Å². The fourth-order valence-electron chi connectivity index (χ4n) is 9.64. The SMILES string of the molecule is CC1(C)c2ccccc2-c2ccc(-c3c4ccccc4c(N4c5ccccc5CCc5ccccc54)c4ccc(-c5ccc6ccccc6c5)cc34)cc21. The van der Waals surface area contributed by atoms with E-state index < -0.39 is 0 Å². The van der Waals surface area contributed by atoms with Crippen molar-refractivity contribution in [3.05, 3.63) is 198 Å². The molecule has 1 heteroatoms. The van der Waals surface area contributed by atoms with Crippen molar-refractivity contribution in [2.24, 2.45) is 0 Å². The van der Waals surface area contributed by atoms with Gasteiger partial charge in [0.25, 0.3) is 0 Å². The Morgan fingerprint density at radius 2 is 0.981 bits per heavy atom. The average Bonchev–Trinajstić information content (AvgIpc) is 3.33. The van der Waals surface area contributed by atoms with Gasteiger partial charge in [0.15, 0.2) is 0 Å². The van der Waals surface area contributed by atoms with Gasteiger partial charge in [0.1, 0.15) is 0 Å². The molecule has 0 unspecified atom stereocenters. The Morgan fingerprint density at radius 3 is 1.78 bits per heavy atom. The molecule has 0 amide bonds. The predicted octanol–water partition coefficient (Wildman–Crippen LogP) is 14.4. The Kier molecular flexibility index (Phi) is 6.79. The number of fused-ring (bicyclic) bond motifs is 8. The van der Waals surface area contributed by atoms with Gasteiger partial charge in [0.2, 0.25) is 0 Å². The minimum absolute atomic E-state index is 0.0940. The van der Waals surface area contributed by atoms with Crippen molar-refractivity contribution < 1.29 is 0 Å². The van der Waals surface area contributed by atoms with Gasteiger partial charge in [0.05, 0.1) is 5.69 Å². The van der Waals surface area contributed by atoms with Crippen LogP contribution in [0.3, 0.4) is 0 Å². The summed E-state index contributed by atoms with van der Waals surface area (Å²) in [5.41, 5.74) is 16.9. The normalized spacial score (nSPS) is 14.1. The summed E-state index contributed by atoms with van der Waals surface area (Å²) in [6.07, 6.45) is 2.02. The molecule has 9 aromatic carbocycles. The summed E-state index contributed by atoms with van der Waals surface area (Å²) in [6, 6.07) is 66.1. The maximum absolute atomic E-state index is 2.57. The number of rotatable bonds is 3. The summed E-state index contributed by atoms with van der Waals surface area (Å²) in [5, 5.41) is 7.56. The third kappa shape index (κ3) is 4.58. The molecule has 54 heavy (non-hydrogen) atoms. The molecule has 1 heterocycles. The highest BCUT2D eigenvalue weighted by Crippen LogP contribution is 2.53. The average molecular weight is 690 g/mol. The molecule has 0 atom stereocenters. The molecule has 2 aliphatic rings. The Balaban J connectivity index is 1.25. The van der Waals surface area contributed by atoms with Gasteiger partial charge >= 0.3 is 0 Å². The second-order valence-electron chi connectivity index (χ2n) is 15.6. The van der Waals surface area contributed by atoms with Crippen LogP contribution in [0.4, 0.5) is 17.1 Å². The third-order valence-corrected chi connectivity index (χ3v) is 12.3. The number of para-hydroxylation sites is 2. The number of aryl methyl sites for hydroxylation is 2. The van der Waals surface area contributed by atoms with E-state index in [2.05, 4.69) is 195 Å². The topological polar surface area (TPSA) is 3.24 Å². The van der Waals surface area contributed by atoms with Crippen molar-refractivity contribution in [3.8, 4) is 33.4 Å². The van der Waals surface area contributed by atoms with Gasteiger partial charge in [-0.2, -0.15) is 0 Å². The Hall–Kier alpha value is -6.44. The molecule has 256 valence electrons. The summed E-state index contributed by atoms with van der Waals surface area (Å²) in [7, 11) is 0. The van der Waals surface area contributed by atoms with E-state index in [1.54, 1.807) is 0 Å². The van der Waals surface area contributed by atoms with Crippen LogP contribution < -0.4 is 4.90 Å². The van der Waals surface area contributed by atoms with Crippen LogP contribution in [0, 0.1) is 0 Å². The molecule has 9 aromatic rings. The minimum Gasteiger partial charge on any atom is -0.309 e. The van der Waals surface area contributed by atoms with Gasteiger partial charge in [0, 0.05) is 27.6 Å². The van der Waals surface area contributed by atoms with Crippen LogP contribution in [0.5, 0.6) is 0 Å². The van der Waals surface area contributed by atoms with Gasteiger partial charge in [-0.1, -0.05) is 159 Å². The largest absolute Gasteiger partial charge is 0.309 e. The fraction of sp³-hybridized carbons (Fsp3) is 0.0943. The third-order valence-electron chi connectivity index (χ3n) is 12.3. The van der Waals surface area contributed by atoms with Crippen LogP contribution in [-0.2, 0) is 18.3 Å². The summed E-state index contributed by atoms with van der Waals surface area (Å²) in [5.74, 6) is 0. The van der Waals surface area contributed by atoms with Crippen LogP contribution in [0.25, 0.3) is 65.7 Å². The standard InChI is InChI=1S/C53H39N/c1-53(2)47-20-10-9-17-41(47)42-29-28-40(33-48(42)53)51-43-18-7-8-19-44(43)52(54-49-21-11-5-14-35(49)24-25-36-15-6-12-22-50(36)54)45-30-27-39(32-46(45)51)38-26-23-34-13-3-4-16-37(34)31-38/h3-23,26-33H,24-25H2,1-2H3. The van der Waals surface area contributed by atoms with Crippen molar-refractivity contribution in [1.82, 2.24) is 0 Å². The van der Waals surface area contributed by atoms with Crippen molar-refractivity contribution in [1.29, 1.82) is 0 Å². The number of hydrogen-bond acceptors (Lipinski definition) is 1. The number of nitrogens with zero attached hydrogens (tertiary/aromatic N) is 1. The molecule has 0 fully saturated rings. The van der Waals surface area contributed by atoms with Gasteiger partial charge in [-0.3, -0.25) is 0 Å². The first kappa shape index (κ1) is 31.1. The Labute approximate surface area is 316 Å². The van der Waals surface area contributed by atoms with Gasteiger partial charge in [-0.05, 0) is 120 Å². The molecule has 0 saturated carbocycles. The lowest BCUT2D eigenvalue weighted by Gasteiger charge is -2.31. The van der Waals surface area contributed by atoms with E-state index in [0.29, 0.717) is 0 Å². The molecule has 1 nitrogen and oxygen atoms in total. The number of benzene rings is 9. The highest BCUT2D eigenvalue weighted by Gasteiger charge is 2.36. The molecular weight excluding hydrogens is 651 g/mol. The summed E-state index contributed by atoms with van der Waals surface area (Å²) < 4.78 is 0. The molecule has 0 aromatic heterocycles. The van der Waals surface area contributed by atoms with Crippen LogP contribution in [0.1, 0.15) is 36.1 Å². The zero-order valence-corrected chi connectivity index (χ0v) is 30.6. The first-order valence-electron chi connectivity index (χ1n) is 19.2. The fourth-order valence-corrected chi connectivity index (χ4v) is 9.64. The lowest BCUT2D eigenvalue weighted by Crippen LogP contribution is -2.15. The van der Waals surface area contributed by atoms with Crippen LogP contribution >= 0.6 is 0 Å². The van der Waals surface area contributed by atoms with E-state index in [9.17, 15) is 0 Å². The second kappa shape index (κ2) is 11.8. The lowest BCUT2D eigenvalue weighted by molar-refractivity contribution is 0.660. The van der Waals surface area contributed by atoms with Gasteiger partial charge in [-0.25, -0.2) is 0 Å². The highest BCUT2D eigenvalue weighted by atomic mass is 15.2. The summed E-state index contributed by atoms with van der Waals surface area (Å²) >= 11 is 0. The molecule has 0 radical (unpaired) electrons. The predicted molar refractivity (Wildman–Crippen MR) is 229 cm³/mol. The van der Waals surface area contributed by atoms with Gasteiger partial charge < -0.3 is 4.90 Å². The molecule has 0 saturated heterocycles. The van der Waals surface area contributed by atoms with E-state index in [1.165, 1.54) is 105 Å². The minimum atomic E-state index is -0.0940. The van der Waals surface area contributed by atoms with E-state index in [4.69, 9.17) is 0 Å². The van der Waals surface area contributed by atoms with Crippen molar-refractivity contribution in [3.63, 3.8) is 0 Å². The summed E-state index contributed by atoms with van der Waals surface area (Å²) in [4.78, 5) is 2.57. The van der Waals surface area contributed by atoms with Crippen LogP contribution in [0.15, 0.2) is 176 Å². The molecule has 11 rings (SSSR count). The monoisotopic (exact) mass is 689 g/mol. The van der Waals surface area contributed by atoms with E-state index in [0.717, 1.165) is 12.8 Å². The van der Waals surface area contributed by atoms with E-state index in [1.807, 2.05) is 0 Å². The molecule has 0 N–H and O–H groups in total. The van der Waals surface area contributed by atoms with Crippen molar-refractivity contribution in [2.45, 2.75) is 32.1 Å². The number of hydrogen-bond donors (Lipinski definition) is 0. The van der Waals surface area contributed by atoms with Crippen LogP contribution in [0.2, 0.25) is 0 Å². The van der Waals surface area contributed by atoms with Crippen molar-refractivity contribution >= 4 is 49.4 Å². The van der Waals surface area contributed by atoms with Gasteiger partial charge in [-0.15, -0.1) is 0 Å². The van der Waals surface area contributed by atoms with Crippen LogP contribution in [-0.4, -0.2) is 0 Å². The second-order valence-corrected chi connectivity index (χ2v) is 15.6. The smallest absolute Gasteiger partial charge is 0.0619 e. The maximum atomic E-state index is 2.57. The first-order chi connectivity index (χ1) is 26.5. The van der Waals surface area contributed by atoms with Crippen molar-refractivity contribution in [2.75, 3.05) is 4.90 Å². The first-order valence-corrected chi connectivity index (χ1v) is 19.2. The zero-order chi connectivity index (χ0) is 36.0. The molecule has 1 aliphatic carbocycles. The Bertz CT molecular complexity index is 2930. The highest BCUT2D eigenvalue weighted by molar-refractivity contribution is 6.23. The molecule has 0 bridgehead atoms. The maximum Gasteiger partial charge on any atom is 0.0619 e. The zero-order valence-electron chi connectivity index (χ0n) is 30.6.